The van der Waals surface area contributed by atoms with Gasteiger partial charge >= 0.3 is 0 Å². The number of aryl methyl sites for hydroxylation is 2. The van der Waals surface area contributed by atoms with E-state index < -0.39 is 0 Å². The number of aromatic nitrogens is 2. The zero-order valence-corrected chi connectivity index (χ0v) is 16.4. The summed E-state index contributed by atoms with van der Waals surface area (Å²) in [5.74, 6) is 1.74. The molecule has 0 atom stereocenters. The second-order valence-corrected chi connectivity index (χ2v) is 8.37. The largest absolute Gasteiger partial charge is 0.321 e. The number of hydrogen-bond acceptors (Lipinski definition) is 4. The van der Waals surface area contributed by atoms with Gasteiger partial charge in [0.15, 0.2) is 0 Å². The summed E-state index contributed by atoms with van der Waals surface area (Å²) in [5, 5.41) is 4.13. The van der Waals surface area contributed by atoms with Crippen LogP contribution in [0.15, 0.2) is 24.3 Å². The minimum atomic E-state index is -0.0639. The first-order chi connectivity index (χ1) is 12.5. The summed E-state index contributed by atoms with van der Waals surface area (Å²) in [6, 6.07) is 7.99. The molecule has 0 saturated heterocycles. The van der Waals surface area contributed by atoms with E-state index in [1.165, 1.54) is 24.2 Å². The molecule has 0 bridgehead atoms. The van der Waals surface area contributed by atoms with Gasteiger partial charge in [-0.05, 0) is 49.8 Å². The molecule has 2 heterocycles. The van der Waals surface area contributed by atoms with Crippen molar-refractivity contribution in [1.82, 2.24) is 9.97 Å². The number of para-hydroxylation sites is 1. The van der Waals surface area contributed by atoms with E-state index in [4.69, 9.17) is 4.98 Å². The van der Waals surface area contributed by atoms with Crippen LogP contribution in [0, 0.1) is 13.8 Å². The van der Waals surface area contributed by atoms with Gasteiger partial charge in [0.05, 0.1) is 10.6 Å². The molecular weight excluding hydrogens is 342 g/mol. The maximum Gasteiger partial charge on any atom is 0.266 e. The van der Waals surface area contributed by atoms with E-state index in [2.05, 4.69) is 30.2 Å². The van der Waals surface area contributed by atoms with Crippen LogP contribution in [0.4, 0.5) is 5.69 Å². The maximum absolute atomic E-state index is 13.0. The minimum absolute atomic E-state index is 0.0639. The lowest BCUT2D eigenvalue weighted by Gasteiger charge is -2.13. The van der Waals surface area contributed by atoms with Crippen LogP contribution in [0.2, 0.25) is 0 Å². The Balaban J connectivity index is 1.71. The van der Waals surface area contributed by atoms with Crippen LogP contribution in [0.1, 0.15) is 70.8 Å². The number of nitrogens with one attached hydrogen (secondary N) is 1. The summed E-state index contributed by atoms with van der Waals surface area (Å²) < 4.78 is 0. The molecule has 1 fully saturated rings. The van der Waals surface area contributed by atoms with Crippen LogP contribution < -0.4 is 5.32 Å². The lowest BCUT2D eigenvalue weighted by Crippen LogP contribution is -2.13. The fraction of sp³-hybridized carbons (Fsp3) is 0.381. The summed E-state index contributed by atoms with van der Waals surface area (Å²) in [4.78, 5) is 24.1. The zero-order chi connectivity index (χ0) is 18.4. The molecule has 0 radical (unpaired) electrons. The van der Waals surface area contributed by atoms with Gasteiger partial charge in [-0.2, -0.15) is 0 Å². The molecule has 0 spiro atoms. The zero-order valence-electron chi connectivity index (χ0n) is 15.6. The second kappa shape index (κ2) is 6.47. The van der Waals surface area contributed by atoms with Crippen molar-refractivity contribution in [2.45, 2.75) is 52.4 Å². The molecule has 1 aliphatic rings. The highest BCUT2D eigenvalue weighted by molar-refractivity contribution is 7.20. The quantitative estimate of drug-likeness (QED) is 0.658. The summed E-state index contributed by atoms with van der Waals surface area (Å²) in [6.45, 7) is 8.28. The van der Waals surface area contributed by atoms with Gasteiger partial charge in [0.2, 0.25) is 0 Å². The predicted molar refractivity (Wildman–Crippen MR) is 107 cm³/mol. The highest BCUT2D eigenvalue weighted by atomic mass is 32.1. The van der Waals surface area contributed by atoms with Crippen molar-refractivity contribution in [3.8, 4) is 0 Å². The van der Waals surface area contributed by atoms with E-state index in [0.29, 0.717) is 11.8 Å². The number of nitrogens with zero attached hydrogens (tertiary/aromatic N) is 2. The van der Waals surface area contributed by atoms with Crippen LogP contribution in [-0.4, -0.2) is 15.9 Å². The number of anilines is 1. The maximum atomic E-state index is 13.0. The molecule has 5 heteroatoms. The predicted octanol–water partition coefficient (Wildman–Crippen LogP) is 5.56. The van der Waals surface area contributed by atoms with Gasteiger partial charge in [0.1, 0.15) is 10.7 Å². The molecule has 4 rings (SSSR count). The number of carbonyl (C=O) groups is 1. The first kappa shape index (κ1) is 17.2. The number of benzene rings is 1. The Hall–Kier alpha value is -2.27. The third-order valence-electron chi connectivity index (χ3n) is 4.97. The van der Waals surface area contributed by atoms with Crippen molar-refractivity contribution >= 4 is 33.1 Å². The van der Waals surface area contributed by atoms with Crippen molar-refractivity contribution in [3.63, 3.8) is 0 Å². The van der Waals surface area contributed by atoms with E-state index in [9.17, 15) is 4.79 Å². The molecule has 0 aliphatic heterocycles. The van der Waals surface area contributed by atoms with Crippen molar-refractivity contribution < 1.29 is 4.79 Å². The third kappa shape index (κ3) is 3.01. The Kier molecular flexibility index (Phi) is 4.27. The van der Waals surface area contributed by atoms with E-state index in [-0.39, 0.29) is 5.91 Å². The SMILES string of the molecule is Cc1nc(C2CC2)nc2sc(C(=O)Nc3ccccc3C(C)C)c(C)c12. The summed E-state index contributed by atoms with van der Waals surface area (Å²) in [6.07, 6.45) is 2.35. The first-order valence-corrected chi connectivity index (χ1v) is 9.95. The van der Waals surface area contributed by atoms with Gasteiger partial charge in [-0.25, -0.2) is 9.97 Å². The normalized spacial score (nSPS) is 14.2. The fourth-order valence-electron chi connectivity index (χ4n) is 3.39. The Morgan fingerprint density at radius 3 is 2.62 bits per heavy atom. The van der Waals surface area contributed by atoms with Crippen LogP contribution in [0.5, 0.6) is 0 Å². The van der Waals surface area contributed by atoms with Crippen LogP contribution in [0.3, 0.4) is 0 Å². The highest BCUT2D eigenvalue weighted by Crippen LogP contribution is 2.40. The molecule has 26 heavy (non-hydrogen) atoms. The van der Waals surface area contributed by atoms with Gasteiger partial charge < -0.3 is 5.32 Å². The average molecular weight is 366 g/mol. The lowest BCUT2D eigenvalue weighted by molar-refractivity contribution is 0.103. The van der Waals surface area contributed by atoms with E-state index in [1.807, 2.05) is 32.0 Å². The molecule has 1 aliphatic carbocycles. The van der Waals surface area contributed by atoms with Crippen LogP contribution in [0.25, 0.3) is 10.2 Å². The van der Waals surface area contributed by atoms with Crippen molar-refractivity contribution in [2.24, 2.45) is 0 Å². The van der Waals surface area contributed by atoms with Gasteiger partial charge in [0.25, 0.3) is 5.91 Å². The number of hydrogen-bond donors (Lipinski definition) is 1. The summed E-state index contributed by atoms with van der Waals surface area (Å²) in [7, 11) is 0. The lowest BCUT2D eigenvalue weighted by atomic mass is 10.0. The Morgan fingerprint density at radius 2 is 1.92 bits per heavy atom. The summed E-state index contributed by atoms with van der Waals surface area (Å²) >= 11 is 1.48. The molecule has 1 saturated carbocycles. The van der Waals surface area contributed by atoms with Crippen molar-refractivity contribution in [3.05, 3.63) is 51.8 Å². The third-order valence-corrected chi connectivity index (χ3v) is 6.15. The van der Waals surface area contributed by atoms with Gasteiger partial charge in [-0.3, -0.25) is 4.79 Å². The molecule has 4 nitrogen and oxygen atoms in total. The smallest absolute Gasteiger partial charge is 0.266 e. The van der Waals surface area contributed by atoms with E-state index in [0.717, 1.165) is 43.4 Å². The number of fused-ring (bicyclic) bond motifs is 1. The Labute approximate surface area is 157 Å². The van der Waals surface area contributed by atoms with Crippen LogP contribution >= 0.6 is 11.3 Å². The molecule has 1 N–H and O–H groups in total. The first-order valence-electron chi connectivity index (χ1n) is 9.13. The minimum Gasteiger partial charge on any atom is -0.321 e. The van der Waals surface area contributed by atoms with Gasteiger partial charge in [0, 0.05) is 17.0 Å². The second-order valence-electron chi connectivity index (χ2n) is 7.37. The molecule has 0 unspecified atom stereocenters. The Bertz CT molecular complexity index is 1000. The molecule has 2 aromatic heterocycles. The molecule has 3 aromatic rings. The van der Waals surface area contributed by atoms with Gasteiger partial charge in [-0.1, -0.05) is 32.0 Å². The molecule has 134 valence electrons. The number of rotatable bonds is 4. The molecular formula is C21H23N3OS. The average Bonchev–Trinajstić information content (AvgIpc) is 3.39. The van der Waals surface area contributed by atoms with Crippen LogP contribution in [-0.2, 0) is 0 Å². The standard InChI is InChI=1S/C21H23N3OS/c1-11(2)15-7-5-6-8-16(15)23-20(25)18-12(3)17-13(4)22-19(14-9-10-14)24-21(17)26-18/h5-8,11,14H,9-10H2,1-4H3,(H,23,25). The monoisotopic (exact) mass is 365 g/mol. The number of carbonyl (C=O) groups excluding carboxylic acids is 1. The number of thiophene rings is 1. The summed E-state index contributed by atoms with van der Waals surface area (Å²) in [5.41, 5.74) is 3.98. The molecule has 1 amide bonds. The van der Waals surface area contributed by atoms with Crippen molar-refractivity contribution in [2.75, 3.05) is 5.32 Å². The Morgan fingerprint density at radius 1 is 1.19 bits per heavy atom. The molecule has 1 aromatic carbocycles. The van der Waals surface area contributed by atoms with Gasteiger partial charge in [-0.15, -0.1) is 11.3 Å². The van der Waals surface area contributed by atoms with Crippen molar-refractivity contribution in [1.29, 1.82) is 0 Å². The number of amides is 1. The highest BCUT2D eigenvalue weighted by Gasteiger charge is 2.28. The van der Waals surface area contributed by atoms with E-state index in [1.54, 1.807) is 0 Å². The fourth-order valence-corrected chi connectivity index (χ4v) is 4.53. The topological polar surface area (TPSA) is 54.9 Å². The van der Waals surface area contributed by atoms with E-state index >= 15 is 0 Å².